The number of ether oxygens (including phenoxy) is 6. The average molecular weight is 1360 g/mol. The largest absolute Gasteiger partial charge is 0.382 e. The van der Waals surface area contributed by atoms with Crippen molar-refractivity contribution in [3.8, 4) is 0 Å². The third kappa shape index (κ3) is 12.9. The van der Waals surface area contributed by atoms with Crippen molar-refractivity contribution < 1.29 is 64.4 Å². The molecule has 512 valence electrons. The molecule has 0 unspecified atom stereocenters. The van der Waals surface area contributed by atoms with E-state index < -0.39 is 86.7 Å². The first-order valence-electron chi connectivity index (χ1n) is 32.9. The maximum Gasteiger partial charge on any atom is 0.324 e. The number of aliphatic imine (C=N–C) groups is 1. The number of isocyanates is 1. The quantitative estimate of drug-likeness (QED) is 0.0448. The molecule has 2 aromatic carbocycles. The van der Waals surface area contributed by atoms with Gasteiger partial charge in [-0.3, -0.25) is 24.0 Å². The summed E-state index contributed by atoms with van der Waals surface area (Å²) in [5, 5.41) is 11.0. The van der Waals surface area contributed by atoms with Crippen LogP contribution in [0.5, 0.6) is 0 Å². The Morgan fingerprint density at radius 2 is 0.969 bits per heavy atom. The number of hydrogen-bond acceptors (Lipinski definition) is 22. The number of sulfonamides is 2. The summed E-state index contributed by atoms with van der Waals surface area (Å²) in [7, 11) is -7.27. The summed E-state index contributed by atoms with van der Waals surface area (Å²) in [5.41, 5.74) is 7.72. The van der Waals surface area contributed by atoms with Gasteiger partial charge in [-0.1, -0.05) is 0 Å². The molecule has 8 saturated carbocycles. The number of nitrogens with one attached hydrogen (secondary N) is 6. The van der Waals surface area contributed by atoms with Crippen LogP contribution in [0.4, 0.5) is 27.8 Å². The number of nitrogens with two attached hydrogens (primary N) is 1. The van der Waals surface area contributed by atoms with Gasteiger partial charge >= 0.3 is 6.03 Å². The van der Waals surface area contributed by atoms with E-state index >= 15 is 0 Å². The summed E-state index contributed by atoms with van der Waals surface area (Å²) < 4.78 is 98.0. The van der Waals surface area contributed by atoms with Gasteiger partial charge < -0.3 is 50.1 Å². The van der Waals surface area contributed by atoms with Gasteiger partial charge in [0.2, 0.25) is 26.1 Å². The van der Waals surface area contributed by atoms with Crippen LogP contribution in [0.25, 0.3) is 22.3 Å². The molecule has 0 spiro atoms. The number of carbonyl (C=O) groups excluding carboxylic acids is 4. The number of fused-ring (bicyclic) bond motifs is 4. The Balaban J connectivity index is 0.000000138. The lowest BCUT2D eigenvalue weighted by atomic mass is 9.53. The number of rotatable bonds is 15. The monoisotopic (exact) mass is 1360 g/mol. The van der Waals surface area contributed by atoms with Gasteiger partial charge in [-0.25, -0.2) is 65.8 Å². The van der Waals surface area contributed by atoms with Crippen LogP contribution in [0.3, 0.4) is 0 Å². The van der Waals surface area contributed by atoms with E-state index in [1.165, 1.54) is 100.0 Å². The fraction of sp³-hybridized carbons (Fsp3) is 0.594. The van der Waals surface area contributed by atoms with Crippen molar-refractivity contribution in [2.45, 2.75) is 200 Å². The number of aromatic nitrogens is 8. The molecule has 8 N–H and O–H groups in total. The molecule has 4 aliphatic heterocycles. The lowest BCUT2D eigenvalue weighted by Gasteiger charge is -2.56. The maximum absolute atomic E-state index is 13.4. The Kier molecular flexibility index (Phi) is 17.2. The van der Waals surface area contributed by atoms with Gasteiger partial charge in [-0.05, 0) is 203 Å². The fourth-order valence-corrected chi connectivity index (χ4v) is 20.5. The minimum Gasteiger partial charge on any atom is -0.382 e. The van der Waals surface area contributed by atoms with E-state index in [4.69, 9.17) is 34.2 Å². The molecule has 18 rings (SSSR count). The van der Waals surface area contributed by atoms with Crippen molar-refractivity contribution in [2.24, 2.45) is 40.5 Å². The Morgan fingerprint density at radius 1 is 0.562 bits per heavy atom. The van der Waals surface area contributed by atoms with E-state index in [0.717, 1.165) is 38.5 Å². The van der Waals surface area contributed by atoms with Crippen molar-refractivity contribution in [1.82, 2.24) is 59.1 Å². The molecule has 4 saturated heterocycles. The second-order valence-corrected chi connectivity index (χ2v) is 31.7. The van der Waals surface area contributed by atoms with Crippen LogP contribution in [0.15, 0.2) is 88.6 Å². The number of amides is 4. The van der Waals surface area contributed by atoms with Crippen LogP contribution >= 0.6 is 0 Å². The molecular formula is C64H80N16O14S2. The zero-order valence-corrected chi connectivity index (χ0v) is 55.7. The van der Waals surface area contributed by atoms with Crippen LogP contribution < -0.4 is 36.4 Å². The summed E-state index contributed by atoms with van der Waals surface area (Å²) >= 11 is 0. The third-order valence-corrected chi connectivity index (χ3v) is 23.5. The zero-order chi connectivity index (χ0) is 67.3. The van der Waals surface area contributed by atoms with Crippen molar-refractivity contribution >= 4 is 89.3 Å². The van der Waals surface area contributed by atoms with Crippen LogP contribution in [0.2, 0.25) is 0 Å². The predicted octanol–water partition coefficient (Wildman–Crippen LogP) is 6.13. The zero-order valence-electron chi connectivity index (χ0n) is 54.0. The van der Waals surface area contributed by atoms with E-state index in [2.05, 4.69) is 65.6 Å². The second kappa shape index (κ2) is 25.1. The number of anilines is 3. The average Bonchev–Trinajstić information content (AvgIpc) is 1.46. The van der Waals surface area contributed by atoms with Crippen LogP contribution in [0, 0.1) is 35.5 Å². The minimum atomic E-state index is -3.72. The molecule has 8 heterocycles. The van der Waals surface area contributed by atoms with E-state index in [9.17, 15) is 36.0 Å². The molecule has 6 aromatic rings. The van der Waals surface area contributed by atoms with Gasteiger partial charge in [-0.2, -0.15) is 4.99 Å². The summed E-state index contributed by atoms with van der Waals surface area (Å²) in [5.74, 6) is 2.06. The van der Waals surface area contributed by atoms with Gasteiger partial charge in [0.15, 0.2) is 64.7 Å². The van der Waals surface area contributed by atoms with E-state index in [-0.39, 0.29) is 44.3 Å². The smallest absolute Gasteiger partial charge is 0.324 e. The molecule has 32 heteroatoms. The number of likely N-dealkylation sites (N-methyl/N-ethyl adjacent to an activating group) is 2. The molecule has 0 radical (unpaired) electrons. The first kappa shape index (κ1) is 65.8. The Bertz CT molecular complexity index is 4190. The van der Waals surface area contributed by atoms with Gasteiger partial charge in [0.1, 0.15) is 42.6 Å². The second-order valence-electron chi connectivity index (χ2n) is 28.3. The van der Waals surface area contributed by atoms with Crippen LogP contribution in [-0.4, -0.2) is 152 Å². The highest BCUT2D eigenvalue weighted by Gasteiger charge is 2.60. The summed E-state index contributed by atoms with van der Waals surface area (Å²) in [4.78, 5) is 77.8. The van der Waals surface area contributed by atoms with Gasteiger partial charge in [0, 0.05) is 29.9 Å². The fourth-order valence-electron chi connectivity index (χ4n) is 17.7. The lowest BCUT2D eigenvalue weighted by Crippen LogP contribution is -2.59. The molecule has 12 aliphatic rings. The molecule has 96 heavy (non-hydrogen) atoms. The topological polar surface area (TPSA) is 390 Å². The molecule has 8 atom stereocenters. The molecule has 8 bridgehead atoms. The number of nitrogen functional groups attached to an aromatic ring is 1. The van der Waals surface area contributed by atoms with E-state index in [0.29, 0.717) is 82.3 Å². The highest BCUT2D eigenvalue weighted by Crippen LogP contribution is 2.58. The van der Waals surface area contributed by atoms with Crippen molar-refractivity contribution in [1.29, 1.82) is 0 Å². The number of imidazole rings is 2. The summed E-state index contributed by atoms with van der Waals surface area (Å²) in [6.07, 6.45) is 15.0. The van der Waals surface area contributed by atoms with Gasteiger partial charge in [0.25, 0.3) is 11.8 Å². The number of nitrogens with zero attached hydrogens (tertiary/aromatic N) is 9. The minimum absolute atomic E-state index is 0.147. The first-order valence-corrected chi connectivity index (χ1v) is 35.9. The van der Waals surface area contributed by atoms with Crippen molar-refractivity contribution in [3.63, 3.8) is 0 Å². The van der Waals surface area contributed by atoms with E-state index in [1.54, 1.807) is 41.4 Å². The number of benzene rings is 2. The SMILES string of the molecule is CCNC(=O)[C@H]1O[C@@H](n2cnc3c(N)ncnc32)[C@@H]2OC(C)(C)O[C@@H]21.CCNC(=O)[C@H]1O[C@@H](n2cnc3c(NC(=O)Nc4ccc(S(=O)(=O)NC56CC7CC(CC(C7)C5)C6)cc4)ncnc32)[C@@H]2OC(C)(C)O[C@@H]21.O=C=Nc1ccc(S(=O)(=O)NC23CC4CC(CC(C4)C2)C3)cc1. The van der Waals surface area contributed by atoms with Crippen LogP contribution in [0.1, 0.15) is 131 Å². The molecule has 8 aliphatic carbocycles. The number of urea groups is 1. The molecular weight excluding hydrogens is 1280 g/mol. The predicted molar refractivity (Wildman–Crippen MR) is 344 cm³/mol. The van der Waals surface area contributed by atoms with Crippen LogP contribution in [-0.2, 0) is 62.9 Å². The lowest BCUT2D eigenvalue weighted by molar-refractivity contribution is -0.198. The van der Waals surface area contributed by atoms with E-state index in [1.807, 2.05) is 27.7 Å². The van der Waals surface area contributed by atoms with Crippen molar-refractivity contribution in [3.05, 3.63) is 73.8 Å². The summed E-state index contributed by atoms with van der Waals surface area (Å²) in [6.45, 7) is 11.8. The number of carbonyl (C=O) groups is 3. The Morgan fingerprint density at radius 3 is 1.41 bits per heavy atom. The highest BCUT2D eigenvalue weighted by molar-refractivity contribution is 7.89. The molecule has 4 aromatic heterocycles. The van der Waals surface area contributed by atoms with Gasteiger partial charge in [0.05, 0.1) is 28.1 Å². The first-order chi connectivity index (χ1) is 45.8. The van der Waals surface area contributed by atoms with Crippen molar-refractivity contribution in [2.75, 3.05) is 29.5 Å². The Hall–Kier alpha value is -7.49. The molecule has 12 fully saturated rings. The van der Waals surface area contributed by atoms with Gasteiger partial charge in [-0.15, -0.1) is 0 Å². The molecule has 30 nitrogen and oxygen atoms in total. The highest BCUT2D eigenvalue weighted by atomic mass is 32.2. The maximum atomic E-state index is 13.4. The Labute approximate surface area is 554 Å². The number of hydrogen-bond donors (Lipinski definition) is 7. The third-order valence-electron chi connectivity index (χ3n) is 20.3. The molecule has 4 amide bonds. The standard InChI is InChI=1S/C32H40N8O7S.C17H20N2O3S.C15H20N6O4/c1-4-33-28(41)24-23-25(47-31(2,3)46-23)29(45-24)40-16-36-22-26(34-15-35-27(22)40)38-30(42)37-20-5-7-21(8-6-20)48(43,44)39-32-12-17-9-18(13-32)11-19(10-17)14-32;20-11-18-15-1-3-16(4-2-15)23(21,22)19-17-8-12-5-13(9-17)7-14(6-12)10-17;1-4-17-13(22)9-8-10(25-15(2,3)24-8)14(23-9)21-6-20-7-11(16)18-5-19-12(7)21/h5-8,15-19,23-25,29,39H,4,9-14H2,1-3H3,(H,33,41)(H2,34,35,37,38,42);1-4,12-14,19H,5-10H2;5-6,8-10,14H,4H2,1-3H3,(H,17,22)(H2,16,18,19)/t17?,18?,19?,23-,24+,25-,29-,32?;;8-,9+,10-,14-/m1.1/s1. The normalized spacial score (nSPS) is 32.9. The summed E-state index contributed by atoms with van der Waals surface area (Å²) in [6, 6.07) is 11.6.